The maximum Gasteiger partial charge on any atom is 0.229 e. The summed E-state index contributed by atoms with van der Waals surface area (Å²) in [6.45, 7) is 0.943. The van der Waals surface area contributed by atoms with Crippen molar-refractivity contribution in [3.05, 3.63) is 52.7 Å². The van der Waals surface area contributed by atoms with Crippen LogP contribution in [0.1, 0.15) is 17.5 Å². The molecule has 1 aliphatic heterocycles. The van der Waals surface area contributed by atoms with Crippen molar-refractivity contribution in [3.63, 3.8) is 0 Å². The molecule has 2 aromatic rings. The molecule has 34 heavy (non-hydrogen) atoms. The Morgan fingerprint density at radius 3 is 2.65 bits per heavy atom. The molecule has 1 amide bonds. The summed E-state index contributed by atoms with van der Waals surface area (Å²) in [6, 6.07) is 5.80. The van der Waals surface area contributed by atoms with Gasteiger partial charge >= 0.3 is 0 Å². The van der Waals surface area contributed by atoms with E-state index in [4.69, 9.17) is 17.3 Å². The highest BCUT2D eigenvalue weighted by Crippen LogP contribution is 2.45. The molecule has 11 heteroatoms. The van der Waals surface area contributed by atoms with Crippen LogP contribution in [0.5, 0.6) is 0 Å². The van der Waals surface area contributed by atoms with Crippen LogP contribution < -0.4 is 16.4 Å². The molecule has 0 saturated heterocycles. The minimum atomic E-state index is -3.21. The van der Waals surface area contributed by atoms with E-state index in [9.17, 15) is 13.2 Å². The van der Waals surface area contributed by atoms with E-state index in [1.807, 2.05) is 18.2 Å². The molecule has 4 N–H and O–H groups in total. The lowest BCUT2D eigenvalue weighted by Crippen LogP contribution is -2.41. The Morgan fingerprint density at radius 2 is 1.91 bits per heavy atom. The number of nitrogens with zero attached hydrogens (tertiary/aromatic N) is 3. The van der Waals surface area contributed by atoms with Crippen LogP contribution in [-0.4, -0.2) is 54.0 Å². The highest BCUT2D eigenvalue weighted by atomic mass is 35.5. The zero-order valence-corrected chi connectivity index (χ0v) is 20.3. The van der Waals surface area contributed by atoms with Crippen molar-refractivity contribution in [2.45, 2.75) is 25.3 Å². The van der Waals surface area contributed by atoms with Crippen molar-refractivity contribution in [3.8, 4) is 0 Å². The van der Waals surface area contributed by atoms with Crippen molar-refractivity contribution < 1.29 is 13.2 Å². The Kier molecular flexibility index (Phi) is 5.99. The summed E-state index contributed by atoms with van der Waals surface area (Å²) in [5.74, 6) is 0.561. The smallest absolute Gasteiger partial charge is 0.229 e. The van der Waals surface area contributed by atoms with Gasteiger partial charge < -0.3 is 16.4 Å². The SMILES string of the molecule is CS(=O)(=O)N1CCc2ccc(Nc3ncc(Cl)c(NC4C5C=CC(C5)C4C(N)=O)n3)cc2CC1. The zero-order chi connectivity index (χ0) is 24.0. The second-order valence-electron chi connectivity index (χ2n) is 9.21. The summed E-state index contributed by atoms with van der Waals surface area (Å²) in [6.07, 6.45) is 9.17. The Labute approximate surface area is 203 Å². The molecule has 4 atom stereocenters. The molecule has 3 aliphatic rings. The fourth-order valence-corrected chi connectivity index (χ4v) is 6.33. The number of allylic oxidation sites excluding steroid dienone is 1. The second-order valence-corrected chi connectivity index (χ2v) is 11.6. The van der Waals surface area contributed by atoms with Crippen LogP contribution >= 0.6 is 11.6 Å². The van der Waals surface area contributed by atoms with Gasteiger partial charge in [-0.2, -0.15) is 4.98 Å². The Balaban J connectivity index is 1.33. The van der Waals surface area contributed by atoms with Crippen LogP contribution in [0, 0.1) is 17.8 Å². The number of carbonyl (C=O) groups is 1. The van der Waals surface area contributed by atoms with E-state index in [1.165, 1.54) is 16.8 Å². The minimum Gasteiger partial charge on any atom is -0.369 e. The summed E-state index contributed by atoms with van der Waals surface area (Å²) in [4.78, 5) is 20.9. The van der Waals surface area contributed by atoms with Gasteiger partial charge in [0, 0.05) is 24.8 Å². The number of fused-ring (bicyclic) bond motifs is 3. The van der Waals surface area contributed by atoms with Crippen molar-refractivity contribution in [1.29, 1.82) is 0 Å². The number of aromatic nitrogens is 2. The third-order valence-electron chi connectivity index (χ3n) is 7.03. The van der Waals surface area contributed by atoms with E-state index < -0.39 is 10.0 Å². The standard InChI is InChI=1S/C23H27ClN6O3S/c1-34(32,33)30-8-6-13-4-5-17(11-14(13)7-9-30)27-23-26-12-18(24)22(29-23)28-20-16-3-2-15(10-16)19(20)21(25)31/h2-5,11-12,15-16,19-20H,6-10H2,1H3,(H2,25,31)(H2,26,27,28,29). The molecule has 0 radical (unpaired) electrons. The quantitative estimate of drug-likeness (QED) is 0.517. The Morgan fingerprint density at radius 1 is 1.18 bits per heavy atom. The monoisotopic (exact) mass is 502 g/mol. The number of amides is 1. The summed E-state index contributed by atoms with van der Waals surface area (Å²) < 4.78 is 25.4. The number of carbonyl (C=O) groups excluding carboxylic acids is 1. The maximum atomic E-state index is 12.0. The first-order valence-corrected chi connectivity index (χ1v) is 13.5. The normalized spacial score (nSPS) is 26.2. The van der Waals surface area contributed by atoms with E-state index >= 15 is 0 Å². The lowest BCUT2D eigenvalue weighted by Gasteiger charge is -2.27. The molecule has 2 bridgehead atoms. The lowest BCUT2D eigenvalue weighted by molar-refractivity contribution is -0.122. The number of halogens is 1. The van der Waals surface area contributed by atoms with Crippen LogP contribution in [0.3, 0.4) is 0 Å². The van der Waals surface area contributed by atoms with Crippen LogP contribution in [0.4, 0.5) is 17.5 Å². The second kappa shape index (κ2) is 8.83. The van der Waals surface area contributed by atoms with Gasteiger partial charge in [-0.05, 0) is 54.4 Å². The van der Waals surface area contributed by atoms with Crippen molar-refractivity contribution in [2.75, 3.05) is 30.0 Å². The third-order valence-corrected chi connectivity index (χ3v) is 8.61. The number of hydrogen-bond acceptors (Lipinski definition) is 7. The largest absolute Gasteiger partial charge is 0.369 e. The maximum absolute atomic E-state index is 12.0. The molecule has 4 unspecified atom stereocenters. The van der Waals surface area contributed by atoms with Crippen LogP contribution in [0.25, 0.3) is 0 Å². The molecule has 0 spiro atoms. The summed E-state index contributed by atoms with van der Waals surface area (Å²) in [5.41, 5.74) is 8.71. The fraction of sp³-hybridized carbons (Fsp3) is 0.435. The number of nitrogens with two attached hydrogens (primary N) is 1. The van der Waals surface area contributed by atoms with Gasteiger partial charge in [0.05, 0.1) is 18.4 Å². The number of hydrogen-bond donors (Lipinski definition) is 3. The predicted octanol–water partition coefficient (Wildman–Crippen LogP) is 2.32. The number of anilines is 3. The number of primary amides is 1. The van der Waals surface area contributed by atoms with Gasteiger partial charge in [0.25, 0.3) is 0 Å². The van der Waals surface area contributed by atoms with Gasteiger partial charge in [-0.15, -0.1) is 0 Å². The summed E-state index contributed by atoms with van der Waals surface area (Å²) in [5, 5.41) is 6.92. The lowest BCUT2D eigenvalue weighted by atomic mass is 9.88. The van der Waals surface area contributed by atoms with Gasteiger partial charge in [0.2, 0.25) is 21.9 Å². The summed E-state index contributed by atoms with van der Waals surface area (Å²) in [7, 11) is -3.21. The van der Waals surface area contributed by atoms with Gasteiger partial charge in [-0.1, -0.05) is 29.8 Å². The van der Waals surface area contributed by atoms with E-state index in [1.54, 1.807) is 0 Å². The topological polar surface area (TPSA) is 130 Å². The van der Waals surface area contributed by atoms with Crippen LogP contribution in [-0.2, 0) is 27.7 Å². The van der Waals surface area contributed by atoms with E-state index in [0.717, 1.165) is 23.2 Å². The summed E-state index contributed by atoms with van der Waals surface area (Å²) >= 11 is 6.37. The zero-order valence-electron chi connectivity index (χ0n) is 18.7. The van der Waals surface area contributed by atoms with E-state index in [2.05, 4.69) is 32.8 Å². The number of sulfonamides is 1. The van der Waals surface area contributed by atoms with Crippen LogP contribution in [0.15, 0.2) is 36.5 Å². The minimum absolute atomic E-state index is 0.149. The molecule has 9 nitrogen and oxygen atoms in total. The molecular formula is C23H27ClN6O3S. The molecule has 2 heterocycles. The average molecular weight is 503 g/mol. The van der Waals surface area contributed by atoms with Crippen molar-refractivity contribution in [1.82, 2.24) is 14.3 Å². The highest BCUT2D eigenvalue weighted by molar-refractivity contribution is 7.88. The molecule has 1 saturated carbocycles. The number of rotatable bonds is 6. The van der Waals surface area contributed by atoms with E-state index in [0.29, 0.717) is 42.7 Å². The fourth-order valence-electron chi connectivity index (χ4n) is 5.34. The van der Waals surface area contributed by atoms with Gasteiger partial charge in [0.1, 0.15) is 5.02 Å². The van der Waals surface area contributed by atoms with Gasteiger partial charge in [0.15, 0.2) is 5.82 Å². The Hall–Kier alpha value is -2.69. The molecular weight excluding hydrogens is 476 g/mol. The molecule has 1 aromatic carbocycles. The predicted molar refractivity (Wildman–Crippen MR) is 131 cm³/mol. The van der Waals surface area contributed by atoms with Crippen molar-refractivity contribution >= 4 is 45.0 Å². The third kappa shape index (κ3) is 4.49. The Bertz CT molecular complexity index is 1270. The molecule has 2 aliphatic carbocycles. The van der Waals surface area contributed by atoms with E-state index in [-0.39, 0.29) is 29.7 Å². The number of benzene rings is 1. The highest BCUT2D eigenvalue weighted by Gasteiger charge is 2.47. The van der Waals surface area contributed by atoms with Gasteiger partial charge in [-0.3, -0.25) is 4.79 Å². The first-order valence-electron chi connectivity index (χ1n) is 11.3. The molecule has 180 valence electrons. The number of nitrogens with one attached hydrogen (secondary N) is 2. The van der Waals surface area contributed by atoms with Gasteiger partial charge in [-0.25, -0.2) is 17.7 Å². The van der Waals surface area contributed by atoms with Crippen LogP contribution in [0.2, 0.25) is 5.02 Å². The molecule has 1 aromatic heterocycles. The average Bonchev–Trinajstić information content (AvgIpc) is 3.30. The molecule has 5 rings (SSSR count). The first-order chi connectivity index (χ1) is 16.2. The van der Waals surface area contributed by atoms with Crippen molar-refractivity contribution in [2.24, 2.45) is 23.5 Å². The first kappa shape index (κ1) is 23.1. The molecule has 1 fully saturated rings.